The summed E-state index contributed by atoms with van der Waals surface area (Å²) in [5, 5.41) is 9.18. The van der Waals surface area contributed by atoms with Crippen LogP contribution in [-0.4, -0.2) is 29.6 Å². The van der Waals surface area contributed by atoms with E-state index >= 15 is 0 Å². The van der Waals surface area contributed by atoms with Crippen LogP contribution in [-0.2, 0) is 11.3 Å². The Morgan fingerprint density at radius 2 is 2.00 bits per heavy atom. The highest BCUT2D eigenvalue weighted by Gasteiger charge is 2.50. The molecule has 1 fully saturated rings. The Balaban J connectivity index is 1.99. The van der Waals surface area contributed by atoms with Gasteiger partial charge in [0.15, 0.2) is 0 Å². The molecule has 1 N–H and O–H groups in total. The van der Waals surface area contributed by atoms with Crippen LogP contribution in [0.25, 0.3) is 0 Å². The fraction of sp³-hybridized carbons (Fsp3) is 0.462. The van der Waals surface area contributed by atoms with Crippen LogP contribution in [0.4, 0.5) is 4.39 Å². The number of carbonyl (C=O) groups is 1. The van der Waals surface area contributed by atoms with Crippen LogP contribution >= 0.6 is 0 Å². The van der Waals surface area contributed by atoms with E-state index in [4.69, 9.17) is 0 Å². The first-order valence-electron chi connectivity index (χ1n) is 5.68. The number of benzene rings is 1. The van der Waals surface area contributed by atoms with E-state index in [1.54, 1.807) is 24.1 Å². The maximum absolute atomic E-state index is 12.7. The van der Waals surface area contributed by atoms with Crippen molar-refractivity contribution in [3.8, 4) is 0 Å². The Morgan fingerprint density at radius 1 is 1.41 bits per heavy atom. The summed E-state index contributed by atoms with van der Waals surface area (Å²) in [7, 11) is 1.71. The number of halogens is 1. The lowest BCUT2D eigenvalue weighted by atomic mass is 10.1. The maximum Gasteiger partial charge on any atom is 0.231 e. The summed E-state index contributed by atoms with van der Waals surface area (Å²) in [6.07, 6.45) is 1.52. The number of aliphatic hydroxyl groups excluding tert-OH is 1. The van der Waals surface area contributed by atoms with Crippen molar-refractivity contribution in [1.29, 1.82) is 0 Å². The molecule has 2 rings (SSSR count). The van der Waals surface area contributed by atoms with E-state index in [0.29, 0.717) is 6.54 Å². The molecule has 0 heterocycles. The summed E-state index contributed by atoms with van der Waals surface area (Å²) in [6, 6.07) is 6.09. The Morgan fingerprint density at radius 3 is 2.47 bits per heavy atom. The lowest BCUT2D eigenvalue weighted by molar-refractivity contribution is -0.137. The summed E-state index contributed by atoms with van der Waals surface area (Å²) in [6.45, 7) is 0.362. The molecular weight excluding hydrogens is 221 g/mol. The van der Waals surface area contributed by atoms with Gasteiger partial charge in [-0.2, -0.15) is 0 Å². The number of rotatable bonds is 4. The molecule has 0 unspecified atom stereocenters. The van der Waals surface area contributed by atoms with Crippen molar-refractivity contribution in [2.24, 2.45) is 5.41 Å². The Bertz CT molecular complexity index is 412. The SMILES string of the molecule is CN(Cc1ccc(F)cc1)C(=O)C1(CO)CC1. The first kappa shape index (κ1) is 12.0. The second-order valence-corrected chi connectivity index (χ2v) is 4.73. The van der Waals surface area contributed by atoms with Crippen LogP contribution in [0.5, 0.6) is 0 Å². The number of hydrogen-bond donors (Lipinski definition) is 1. The number of nitrogens with zero attached hydrogens (tertiary/aromatic N) is 1. The zero-order chi connectivity index (χ0) is 12.5. The largest absolute Gasteiger partial charge is 0.395 e. The van der Waals surface area contributed by atoms with Gasteiger partial charge in [0.05, 0.1) is 12.0 Å². The van der Waals surface area contributed by atoms with E-state index < -0.39 is 5.41 Å². The summed E-state index contributed by atoms with van der Waals surface area (Å²) in [4.78, 5) is 13.6. The van der Waals surface area contributed by atoms with Crippen LogP contribution < -0.4 is 0 Å². The van der Waals surface area contributed by atoms with Crippen molar-refractivity contribution in [2.75, 3.05) is 13.7 Å². The Hall–Kier alpha value is -1.42. The standard InChI is InChI=1S/C13H16FNO2/c1-15(12(17)13(9-16)6-7-13)8-10-2-4-11(14)5-3-10/h2-5,16H,6-9H2,1H3. The molecule has 1 aliphatic rings. The molecule has 17 heavy (non-hydrogen) atoms. The maximum atomic E-state index is 12.7. The normalized spacial score (nSPS) is 16.6. The number of carbonyl (C=O) groups excluding carboxylic acids is 1. The fourth-order valence-corrected chi connectivity index (χ4v) is 1.93. The summed E-state index contributed by atoms with van der Waals surface area (Å²) < 4.78 is 12.7. The van der Waals surface area contributed by atoms with E-state index in [2.05, 4.69) is 0 Å². The minimum absolute atomic E-state index is 0.0238. The van der Waals surface area contributed by atoms with E-state index in [1.165, 1.54) is 12.1 Å². The smallest absolute Gasteiger partial charge is 0.231 e. The molecule has 1 saturated carbocycles. The first-order chi connectivity index (χ1) is 8.07. The first-order valence-corrected chi connectivity index (χ1v) is 5.68. The number of amides is 1. The van der Waals surface area contributed by atoms with Gasteiger partial charge in [0.25, 0.3) is 0 Å². The van der Waals surface area contributed by atoms with Crippen LogP contribution in [0.3, 0.4) is 0 Å². The molecule has 3 nitrogen and oxygen atoms in total. The van der Waals surface area contributed by atoms with Gasteiger partial charge in [-0.1, -0.05) is 12.1 Å². The molecule has 1 amide bonds. The van der Waals surface area contributed by atoms with Crippen LogP contribution in [0.1, 0.15) is 18.4 Å². The molecule has 0 spiro atoms. The lowest BCUT2D eigenvalue weighted by Gasteiger charge is -2.22. The molecule has 92 valence electrons. The highest BCUT2D eigenvalue weighted by atomic mass is 19.1. The average Bonchev–Trinajstić information content (AvgIpc) is 3.12. The second-order valence-electron chi connectivity index (χ2n) is 4.73. The molecule has 0 aromatic heterocycles. The van der Waals surface area contributed by atoms with Crippen LogP contribution in [0.2, 0.25) is 0 Å². The summed E-state index contributed by atoms with van der Waals surface area (Å²) >= 11 is 0. The third kappa shape index (κ3) is 2.47. The highest BCUT2D eigenvalue weighted by Crippen LogP contribution is 2.46. The molecule has 1 aliphatic carbocycles. The van der Waals surface area contributed by atoms with Crippen molar-refractivity contribution in [3.05, 3.63) is 35.6 Å². The quantitative estimate of drug-likeness (QED) is 0.863. The Kier molecular flexibility index (Phi) is 3.15. The van der Waals surface area contributed by atoms with Gasteiger partial charge in [0.1, 0.15) is 5.82 Å². The zero-order valence-corrected chi connectivity index (χ0v) is 9.82. The van der Waals surface area contributed by atoms with E-state index in [0.717, 1.165) is 18.4 Å². The predicted octanol–water partition coefficient (Wildman–Crippen LogP) is 1.56. The summed E-state index contributed by atoms with van der Waals surface area (Å²) in [5.74, 6) is -0.305. The van der Waals surface area contributed by atoms with Crippen LogP contribution in [0.15, 0.2) is 24.3 Å². The molecule has 0 radical (unpaired) electrons. The van der Waals surface area contributed by atoms with Gasteiger partial charge < -0.3 is 10.0 Å². The monoisotopic (exact) mass is 237 g/mol. The van der Waals surface area contributed by atoms with Gasteiger partial charge in [-0.25, -0.2) is 4.39 Å². The van der Waals surface area contributed by atoms with Crippen molar-refractivity contribution in [2.45, 2.75) is 19.4 Å². The zero-order valence-electron chi connectivity index (χ0n) is 9.82. The summed E-state index contributed by atoms with van der Waals surface area (Å²) in [5.41, 5.74) is 0.352. The topological polar surface area (TPSA) is 40.5 Å². The minimum Gasteiger partial charge on any atom is -0.395 e. The number of aliphatic hydroxyl groups is 1. The van der Waals surface area contributed by atoms with Gasteiger partial charge in [-0.15, -0.1) is 0 Å². The third-order valence-corrected chi connectivity index (χ3v) is 3.29. The van der Waals surface area contributed by atoms with Crippen molar-refractivity contribution < 1.29 is 14.3 Å². The van der Waals surface area contributed by atoms with Gasteiger partial charge in [0, 0.05) is 13.6 Å². The molecule has 0 saturated heterocycles. The van der Waals surface area contributed by atoms with Gasteiger partial charge in [-0.05, 0) is 30.5 Å². The van der Waals surface area contributed by atoms with E-state index in [1.807, 2.05) is 0 Å². The van der Waals surface area contributed by atoms with Gasteiger partial charge >= 0.3 is 0 Å². The number of hydrogen-bond acceptors (Lipinski definition) is 2. The molecule has 0 bridgehead atoms. The molecule has 0 aliphatic heterocycles. The molecule has 4 heteroatoms. The molecular formula is C13H16FNO2. The average molecular weight is 237 g/mol. The van der Waals surface area contributed by atoms with Crippen molar-refractivity contribution in [3.63, 3.8) is 0 Å². The fourth-order valence-electron chi connectivity index (χ4n) is 1.93. The van der Waals surface area contributed by atoms with E-state index in [-0.39, 0.29) is 18.3 Å². The van der Waals surface area contributed by atoms with E-state index in [9.17, 15) is 14.3 Å². The van der Waals surface area contributed by atoms with Crippen LogP contribution in [0, 0.1) is 11.2 Å². The highest BCUT2D eigenvalue weighted by molar-refractivity contribution is 5.85. The second kappa shape index (κ2) is 4.45. The minimum atomic E-state index is -0.533. The van der Waals surface area contributed by atoms with Crippen molar-refractivity contribution in [1.82, 2.24) is 4.90 Å². The van der Waals surface area contributed by atoms with Crippen molar-refractivity contribution >= 4 is 5.91 Å². The lowest BCUT2D eigenvalue weighted by Crippen LogP contribution is -2.35. The predicted molar refractivity (Wildman–Crippen MR) is 61.6 cm³/mol. The Labute approximate surface area is 99.9 Å². The third-order valence-electron chi connectivity index (χ3n) is 3.29. The molecule has 1 aromatic rings. The molecule has 1 aromatic carbocycles. The molecule has 0 atom stereocenters. The van der Waals surface area contributed by atoms with Gasteiger partial charge in [-0.3, -0.25) is 4.79 Å². The van der Waals surface area contributed by atoms with Gasteiger partial charge in [0.2, 0.25) is 5.91 Å².